The fraction of sp³-hybridized carbons (Fsp3) is 0.312. The van der Waals surface area contributed by atoms with E-state index in [0.29, 0.717) is 5.75 Å². The van der Waals surface area contributed by atoms with E-state index in [0.717, 1.165) is 24.1 Å². The number of hydrogen-bond donors (Lipinski definition) is 1. The Morgan fingerprint density at radius 3 is 3.05 bits per heavy atom. The van der Waals surface area contributed by atoms with Gasteiger partial charge in [0.25, 0.3) is 0 Å². The van der Waals surface area contributed by atoms with Crippen LogP contribution in [0.4, 0.5) is 4.39 Å². The minimum absolute atomic E-state index is 0.0953. The first-order chi connectivity index (χ1) is 9.78. The van der Waals surface area contributed by atoms with Crippen molar-refractivity contribution >= 4 is 0 Å². The van der Waals surface area contributed by atoms with E-state index in [1.165, 1.54) is 12.1 Å². The van der Waals surface area contributed by atoms with Gasteiger partial charge in [-0.1, -0.05) is 19.1 Å². The molecule has 0 bridgehead atoms. The van der Waals surface area contributed by atoms with E-state index < -0.39 is 0 Å². The molecule has 2 unspecified atom stereocenters. The Balaban J connectivity index is 1.95. The van der Waals surface area contributed by atoms with E-state index in [2.05, 4.69) is 17.2 Å². The van der Waals surface area contributed by atoms with Crippen molar-refractivity contribution in [3.8, 4) is 5.75 Å². The van der Waals surface area contributed by atoms with Crippen molar-refractivity contribution in [3.63, 3.8) is 0 Å². The van der Waals surface area contributed by atoms with E-state index in [4.69, 9.17) is 4.74 Å². The second-order valence-electron chi connectivity index (χ2n) is 4.92. The molecular formula is C16H17FN2O. The summed E-state index contributed by atoms with van der Waals surface area (Å²) in [5, 5.41) is 3.44. The molecule has 3 nitrogen and oxygen atoms in total. The second-order valence-corrected chi connectivity index (χ2v) is 4.92. The first kappa shape index (κ1) is 13.1. The van der Waals surface area contributed by atoms with Crippen LogP contribution in [0, 0.1) is 5.82 Å². The highest BCUT2D eigenvalue weighted by Crippen LogP contribution is 2.40. The number of halogens is 1. The summed E-state index contributed by atoms with van der Waals surface area (Å²) in [6.45, 7) is 2.93. The van der Waals surface area contributed by atoms with E-state index in [-0.39, 0.29) is 18.0 Å². The SMILES string of the molecule is CCNC1CC(c2cccnc2)Oc2cc(F)ccc21. The highest BCUT2D eigenvalue weighted by molar-refractivity contribution is 5.39. The molecule has 1 aliphatic heterocycles. The van der Waals surface area contributed by atoms with Gasteiger partial charge in [0, 0.05) is 42.0 Å². The van der Waals surface area contributed by atoms with Gasteiger partial charge in [0.05, 0.1) is 0 Å². The number of aromatic nitrogens is 1. The third kappa shape index (κ3) is 2.51. The monoisotopic (exact) mass is 272 g/mol. The Bertz CT molecular complexity index is 588. The standard InChI is InChI=1S/C16H17FN2O/c1-2-19-14-9-15(11-4-3-7-18-10-11)20-16-8-12(17)5-6-13(14)16/h3-8,10,14-15,19H,2,9H2,1H3. The molecule has 0 aliphatic carbocycles. The van der Waals surface area contributed by atoms with Crippen LogP contribution in [0.2, 0.25) is 0 Å². The van der Waals surface area contributed by atoms with Crippen LogP contribution in [0.5, 0.6) is 5.75 Å². The Morgan fingerprint density at radius 1 is 1.40 bits per heavy atom. The van der Waals surface area contributed by atoms with Gasteiger partial charge in [-0.2, -0.15) is 0 Å². The van der Waals surface area contributed by atoms with Crippen LogP contribution in [0.15, 0.2) is 42.7 Å². The van der Waals surface area contributed by atoms with Gasteiger partial charge in [0.15, 0.2) is 0 Å². The number of ether oxygens (including phenoxy) is 1. The first-order valence-electron chi connectivity index (χ1n) is 6.87. The number of fused-ring (bicyclic) bond motifs is 1. The molecule has 1 N–H and O–H groups in total. The van der Waals surface area contributed by atoms with Crippen molar-refractivity contribution in [1.29, 1.82) is 0 Å². The van der Waals surface area contributed by atoms with E-state index in [9.17, 15) is 4.39 Å². The van der Waals surface area contributed by atoms with Crippen molar-refractivity contribution < 1.29 is 9.13 Å². The number of nitrogens with zero attached hydrogens (tertiary/aromatic N) is 1. The highest BCUT2D eigenvalue weighted by atomic mass is 19.1. The summed E-state index contributed by atoms with van der Waals surface area (Å²) < 4.78 is 19.4. The fourth-order valence-electron chi connectivity index (χ4n) is 2.65. The fourth-order valence-corrected chi connectivity index (χ4v) is 2.65. The maximum Gasteiger partial charge on any atom is 0.127 e. The largest absolute Gasteiger partial charge is 0.485 e. The van der Waals surface area contributed by atoms with E-state index >= 15 is 0 Å². The Kier molecular flexibility index (Phi) is 3.65. The van der Waals surface area contributed by atoms with Gasteiger partial charge < -0.3 is 10.1 Å². The topological polar surface area (TPSA) is 34.2 Å². The quantitative estimate of drug-likeness (QED) is 0.930. The number of hydrogen-bond acceptors (Lipinski definition) is 3. The smallest absolute Gasteiger partial charge is 0.127 e. The number of pyridine rings is 1. The molecule has 2 atom stereocenters. The molecule has 0 fully saturated rings. The summed E-state index contributed by atoms with van der Waals surface area (Å²) in [7, 11) is 0. The average molecular weight is 272 g/mol. The lowest BCUT2D eigenvalue weighted by Crippen LogP contribution is -2.29. The summed E-state index contributed by atoms with van der Waals surface area (Å²) in [6.07, 6.45) is 4.26. The molecule has 0 amide bonds. The third-order valence-corrected chi connectivity index (χ3v) is 3.58. The van der Waals surface area contributed by atoms with Crippen LogP contribution in [-0.2, 0) is 0 Å². The maximum absolute atomic E-state index is 13.4. The molecule has 2 aromatic rings. The summed E-state index contributed by atoms with van der Waals surface area (Å²) in [5.74, 6) is 0.349. The maximum atomic E-state index is 13.4. The molecule has 0 radical (unpaired) electrons. The molecular weight excluding hydrogens is 255 g/mol. The lowest BCUT2D eigenvalue weighted by atomic mass is 9.93. The molecule has 1 aliphatic rings. The lowest BCUT2D eigenvalue weighted by molar-refractivity contribution is 0.151. The molecule has 0 saturated heterocycles. The Hall–Kier alpha value is -1.94. The predicted molar refractivity (Wildman–Crippen MR) is 75.0 cm³/mol. The van der Waals surface area contributed by atoms with E-state index in [1.54, 1.807) is 18.5 Å². The van der Waals surface area contributed by atoms with Crippen LogP contribution in [0.25, 0.3) is 0 Å². The number of benzene rings is 1. The molecule has 3 rings (SSSR count). The van der Waals surface area contributed by atoms with Gasteiger partial charge >= 0.3 is 0 Å². The number of rotatable bonds is 3. The zero-order valence-electron chi connectivity index (χ0n) is 11.3. The second kappa shape index (κ2) is 5.59. The Labute approximate surface area is 117 Å². The minimum atomic E-state index is -0.272. The molecule has 1 aromatic carbocycles. The summed E-state index contributed by atoms with van der Waals surface area (Å²) in [5.41, 5.74) is 2.04. The van der Waals surface area contributed by atoms with Crippen LogP contribution in [0.3, 0.4) is 0 Å². The van der Waals surface area contributed by atoms with Gasteiger partial charge in [0.2, 0.25) is 0 Å². The molecule has 2 heterocycles. The average Bonchev–Trinajstić information content (AvgIpc) is 2.48. The van der Waals surface area contributed by atoms with E-state index in [1.807, 2.05) is 12.1 Å². The molecule has 4 heteroatoms. The zero-order valence-corrected chi connectivity index (χ0v) is 11.3. The highest BCUT2D eigenvalue weighted by Gasteiger charge is 2.29. The molecule has 0 spiro atoms. The third-order valence-electron chi connectivity index (χ3n) is 3.58. The molecule has 20 heavy (non-hydrogen) atoms. The molecule has 0 saturated carbocycles. The first-order valence-corrected chi connectivity index (χ1v) is 6.87. The van der Waals surface area contributed by atoms with Crippen molar-refractivity contribution in [2.75, 3.05) is 6.54 Å². The normalized spacial score (nSPS) is 21.1. The van der Waals surface area contributed by atoms with Crippen molar-refractivity contribution in [2.24, 2.45) is 0 Å². The summed E-state index contributed by atoms with van der Waals surface area (Å²) >= 11 is 0. The van der Waals surface area contributed by atoms with Crippen LogP contribution < -0.4 is 10.1 Å². The van der Waals surface area contributed by atoms with Crippen LogP contribution >= 0.6 is 0 Å². The molecule has 1 aromatic heterocycles. The zero-order chi connectivity index (χ0) is 13.9. The van der Waals surface area contributed by atoms with Gasteiger partial charge in [-0.3, -0.25) is 4.98 Å². The number of nitrogens with one attached hydrogen (secondary N) is 1. The minimum Gasteiger partial charge on any atom is -0.485 e. The Morgan fingerprint density at radius 2 is 2.30 bits per heavy atom. The summed E-state index contributed by atoms with van der Waals surface area (Å²) in [4.78, 5) is 4.13. The summed E-state index contributed by atoms with van der Waals surface area (Å²) in [6, 6.07) is 8.80. The van der Waals surface area contributed by atoms with Crippen LogP contribution in [0.1, 0.15) is 36.6 Å². The lowest BCUT2D eigenvalue weighted by Gasteiger charge is -2.32. The van der Waals surface area contributed by atoms with Crippen molar-refractivity contribution in [2.45, 2.75) is 25.5 Å². The molecule has 104 valence electrons. The van der Waals surface area contributed by atoms with Gasteiger partial charge in [-0.05, 0) is 18.7 Å². The van der Waals surface area contributed by atoms with Crippen LogP contribution in [-0.4, -0.2) is 11.5 Å². The van der Waals surface area contributed by atoms with Gasteiger partial charge in [-0.25, -0.2) is 4.39 Å². The van der Waals surface area contributed by atoms with Gasteiger partial charge in [0.1, 0.15) is 17.7 Å². The van der Waals surface area contributed by atoms with Crippen molar-refractivity contribution in [3.05, 3.63) is 59.7 Å². The predicted octanol–water partition coefficient (Wildman–Crippen LogP) is 3.40. The van der Waals surface area contributed by atoms with Gasteiger partial charge in [-0.15, -0.1) is 0 Å². The van der Waals surface area contributed by atoms with Crippen molar-refractivity contribution in [1.82, 2.24) is 10.3 Å².